The van der Waals surface area contributed by atoms with Gasteiger partial charge in [-0.3, -0.25) is 9.59 Å². The van der Waals surface area contributed by atoms with Gasteiger partial charge in [-0.2, -0.15) is 9.78 Å². The Balaban J connectivity index is 1.39. The van der Waals surface area contributed by atoms with E-state index in [9.17, 15) is 14.4 Å². The Kier molecular flexibility index (Phi) is 6.52. The molecule has 0 aliphatic carbocycles. The topological polar surface area (TPSA) is 92.4 Å². The maximum absolute atomic E-state index is 13.1. The largest absolute Gasteiger partial charge is 0.452 e. The van der Waals surface area contributed by atoms with Gasteiger partial charge < -0.3 is 14.0 Å². The van der Waals surface area contributed by atoms with Crippen LogP contribution in [0.15, 0.2) is 65.5 Å². The van der Waals surface area contributed by atoms with E-state index in [1.807, 2.05) is 26.0 Å². The molecule has 0 saturated carbocycles. The van der Waals surface area contributed by atoms with Crippen LogP contribution in [0.1, 0.15) is 45.1 Å². The first-order chi connectivity index (χ1) is 17.4. The molecular formula is C28H27N3O5. The molecule has 0 radical (unpaired) electrons. The molecule has 4 aromatic rings. The zero-order valence-electron chi connectivity index (χ0n) is 20.3. The van der Waals surface area contributed by atoms with Crippen molar-refractivity contribution in [2.75, 3.05) is 13.2 Å². The minimum atomic E-state index is -0.766. The zero-order chi connectivity index (χ0) is 25.2. The van der Waals surface area contributed by atoms with Crippen LogP contribution in [0.2, 0.25) is 0 Å². The van der Waals surface area contributed by atoms with E-state index in [1.54, 1.807) is 48.5 Å². The van der Waals surface area contributed by atoms with Crippen molar-refractivity contribution >= 4 is 22.5 Å². The van der Waals surface area contributed by atoms with Crippen molar-refractivity contribution in [1.29, 1.82) is 0 Å². The Bertz CT molecular complexity index is 1500. The number of aromatic nitrogens is 3. The van der Waals surface area contributed by atoms with Gasteiger partial charge in [-0.25, -0.2) is 4.79 Å². The lowest BCUT2D eigenvalue weighted by atomic mass is 10.1. The fourth-order valence-electron chi connectivity index (χ4n) is 4.72. The Labute approximate surface area is 208 Å². The van der Waals surface area contributed by atoms with Gasteiger partial charge in [0.15, 0.2) is 12.3 Å². The lowest BCUT2D eigenvalue weighted by Gasteiger charge is -2.14. The standard InChI is InChI=1S/C28H27N3O5/c1-18-15-24(19(2)30(18)16-21-11-8-14-35-21)25(32)17-36-28(34)26-22-12-6-7-13-23(22)27(33)31(29-26)20-9-4-3-5-10-20/h3-7,9-10,12-13,15,21H,8,11,14,16-17H2,1-2H3/t21-/m0/s1. The molecule has 184 valence electrons. The maximum atomic E-state index is 13.1. The number of hydrogen-bond donors (Lipinski definition) is 0. The van der Waals surface area contributed by atoms with Gasteiger partial charge in [-0.15, -0.1) is 0 Å². The molecule has 1 saturated heterocycles. The number of para-hydroxylation sites is 1. The summed E-state index contributed by atoms with van der Waals surface area (Å²) in [4.78, 5) is 39.1. The number of hydrogen-bond acceptors (Lipinski definition) is 6. The van der Waals surface area contributed by atoms with Crippen LogP contribution >= 0.6 is 0 Å². The first-order valence-electron chi connectivity index (χ1n) is 12.0. The number of Topliss-reactive ketones (excluding diaryl/α,β-unsaturated/α-hetero) is 1. The normalized spacial score (nSPS) is 15.3. The first kappa shape index (κ1) is 23.7. The highest BCUT2D eigenvalue weighted by Crippen LogP contribution is 2.21. The summed E-state index contributed by atoms with van der Waals surface area (Å²) in [7, 11) is 0. The fourth-order valence-corrected chi connectivity index (χ4v) is 4.72. The third-order valence-electron chi connectivity index (χ3n) is 6.62. The molecule has 3 heterocycles. The summed E-state index contributed by atoms with van der Waals surface area (Å²) >= 11 is 0. The SMILES string of the molecule is Cc1cc(C(=O)COC(=O)c2nn(-c3ccccc3)c(=O)c3ccccc23)c(C)n1C[C@@H]1CCCO1. The second kappa shape index (κ2) is 9.91. The Morgan fingerprint density at radius 1 is 1.06 bits per heavy atom. The number of ether oxygens (including phenoxy) is 2. The number of aryl methyl sites for hydroxylation is 1. The summed E-state index contributed by atoms with van der Waals surface area (Å²) in [6.07, 6.45) is 2.20. The van der Waals surface area contributed by atoms with E-state index in [2.05, 4.69) is 9.67 Å². The van der Waals surface area contributed by atoms with Gasteiger partial charge in [-0.1, -0.05) is 36.4 Å². The van der Waals surface area contributed by atoms with Gasteiger partial charge in [0, 0.05) is 35.5 Å². The summed E-state index contributed by atoms with van der Waals surface area (Å²) in [5.74, 6) is -1.06. The van der Waals surface area contributed by atoms with Crippen LogP contribution in [-0.4, -0.2) is 45.4 Å². The number of ketones is 1. The number of benzene rings is 2. The van der Waals surface area contributed by atoms with E-state index >= 15 is 0 Å². The van der Waals surface area contributed by atoms with E-state index in [4.69, 9.17) is 9.47 Å². The Morgan fingerprint density at radius 3 is 2.50 bits per heavy atom. The van der Waals surface area contributed by atoms with Crippen LogP contribution in [0.5, 0.6) is 0 Å². The number of nitrogens with zero attached hydrogens (tertiary/aromatic N) is 3. The van der Waals surface area contributed by atoms with E-state index in [0.717, 1.165) is 30.8 Å². The average molecular weight is 486 g/mol. The highest BCUT2D eigenvalue weighted by molar-refractivity contribution is 6.04. The van der Waals surface area contributed by atoms with Crippen LogP contribution in [0.4, 0.5) is 0 Å². The molecule has 8 heteroatoms. The molecule has 1 atom stereocenters. The van der Waals surface area contributed by atoms with Crippen molar-refractivity contribution in [3.8, 4) is 5.69 Å². The molecule has 8 nitrogen and oxygen atoms in total. The molecule has 0 spiro atoms. The molecule has 1 aliphatic rings. The number of carbonyl (C=O) groups is 2. The molecule has 0 N–H and O–H groups in total. The van der Waals surface area contributed by atoms with E-state index in [-0.39, 0.29) is 23.1 Å². The van der Waals surface area contributed by atoms with E-state index in [0.29, 0.717) is 28.6 Å². The third-order valence-corrected chi connectivity index (χ3v) is 6.62. The van der Waals surface area contributed by atoms with Gasteiger partial charge >= 0.3 is 5.97 Å². The van der Waals surface area contributed by atoms with Crippen molar-refractivity contribution in [2.45, 2.75) is 39.3 Å². The Hall–Kier alpha value is -4.04. The molecule has 5 rings (SSSR count). The van der Waals surface area contributed by atoms with Crippen molar-refractivity contribution in [2.24, 2.45) is 0 Å². The van der Waals surface area contributed by atoms with E-state index in [1.165, 1.54) is 4.68 Å². The van der Waals surface area contributed by atoms with Gasteiger partial charge in [0.1, 0.15) is 0 Å². The predicted octanol–water partition coefficient (Wildman–Crippen LogP) is 4.02. The van der Waals surface area contributed by atoms with Gasteiger partial charge in [0.2, 0.25) is 5.78 Å². The van der Waals surface area contributed by atoms with Crippen LogP contribution in [0.3, 0.4) is 0 Å². The molecule has 2 aromatic carbocycles. The van der Waals surface area contributed by atoms with Crippen LogP contribution < -0.4 is 5.56 Å². The fraction of sp³-hybridized carbons (Fsp3) is 0.286. The van der Waals surface area contributed by atoms with Crippen LogP contribution in [0, 0.1) is 13.8 Å². The molecule has 2 aromatic heterocycles. The Morgan fingerprint density at radius 2 is 1.78 bits per heavy atom. The van der Waals surface area contributed by atoms with Gasteiger partial charge in [-0.05, 0) is 51.0 Å². The monoisotopic (exact) mass is 485 g/mol. The molecule has 0 amide bonds. The number of rotatable bonds is 7. The summed E-state index contributed by atoms with van der Waals surface area (Å²) in [6, 6.07) is 17.4. The molecular weight excluding hydrogens is 458 g/mol. The number of fused-ring (bicyclic) bond motifs is 1. The smallest absolute Gasteiger partial charge is 0.359 e. The number of esters is 1. The highest BCUT2D eigenvalue weighted by Gasteiger charge is 2.23. The quantitative estimate of drug-likeness (QED) is 0.290. The second-order valence-electron chi connectivity index (χ2n) is 8.98. The van der Waals surface area contributed by atoms with Gasteiger partial charge in [0.25, 0.3) is 5.56 Å². The third kappa shape index (κ3) is 4.47. The molecule has 1 fully saturated rings. The zero-order valence-corrected chi connectivity index (χ0v) is 20.3. The minimum absolute atomic E-state index is 0.0225. The first-order valence-corrected chi connectivity index (χ1v) is 12.0. The summed E-state index contributed by atoms with van der Waals surface area (Å²) < 4.78 is 14.4. The summed E-state index contributed by atoms with van der Waals surface area (Å²) in [5, 5.41) is 5.03. The number of carbonyl (C=O) groups excluding carboxylic acids is 2. The second-order valence-corrected chi connectivity index (χ2v) is 8.98. The van der Waals surface area contributed by atoms with Crippen LogP contribution in [0.25, 0.3) is 16.5 Å². The molecule has 1 aliphatic heterocycles. The minimum Gasteiger partial charge on any atom is -0.452 e. The average Bonchev–Trinajstić information content (AvgIpc) is 3.52. The van der Waals surface area contributed by atoms with Crippen LogP contribution in [-0.2, 0) is 16.0 Å². The highest BCUT2D eigenvalue weighted by atomic mass is 16.5. The van der Waals surface area contributed by atoms with Gasteiger partial charge in [0.05, 0.1) is 17.2 Å². The van der Waals surface area contributed by atoms with Crippen molar-refractivity contribution in [3.63, 3.8) is 0 Å². The summed E-state index contributed by atoms with van der Waals surface area (Å²) in [6.45, 7) is 4.88. The molecule has 0 bridgehead atoms. The molecule has 0 unspecified atom stereocenters. The van der Waals surface area contributed by atoms with Crippen molar-refractivity contribution in [3.05, 3.63) is 93.7 Å². The lowest BCUT2D eigenvalue weighted by Crippen LogP contribution is -2.26. The maximum Gasteiger partial charge on any atom is 0.359 e. The van der Waals surface area contributed by atoms with E-state index < -0.39 is 12.6 Å². The lowest BCUT2D eigenvalue weighted by molar-refractivity contribution is 0.0469. The van der Waals surface area contributed by atoms with Crippen molar-refractivity contribution in [1.82, 2.24) is 14.3 Å². The van der Waals surface area contributed by atoms with Crippen molar-refractivity contribution < 1.29 is 19.1 Å². The summed E-state index contributed by atoms with van der Waals surface area (Å²) in [5.41, 5.74) is 2.46. The predicted molar refractivity (Wildman–Crippen MR) is 135 cm³/mol. The molecule has 36 heavy (non-hydrogen) atoms.